The summed E-state index contributed by atoms with van der Waals surface area (Å²) in [6.45, 7) is 3.84. The van der Waals surface area contributed by atoms with Gasteiger partial charge in [0.2, 0.25) is 5.91 Å². The zero-order valence-electron chi connectivity index (χ0n) is 18.5. The molecule has 172 valence electrons. The van der Waals surface area contributed by atoms with Crippen LogP contribution in [-0.4, -0.2) is 48.1 Å². The number of carboxylic acid groups (broad SMARTS) is 1. The highest BCUT2D eigenvalue weighted by Gasteiger charge is 2.38. The van der Waals surface area contributed by atoms with Crippen LogP contribution in [0.25, 0.3) is 0 Å². The van der Waals surface area contributed by atoms with Crippen LogP contribution in [0.5, 0.6) is 5.75 Å². The van der Waals surface area contributed by atoms with Crippen molar-refractivity contribution in [3.8, 4) is 5.75 Å². The summed E-state index contributed by atoms with van der Waals surface area (Å²) in [7, 11) is 0. The number of anilines is 1. The first-order chi connectivity index (χ1) is 15.4. The third-order valence-corrected chi connectivity index (χ3v) is 5.86. The van der Waals surface area contributed by atoms with E-state index in [1.165, 1.54) is 13.1 Å². The Balaban J connectivity index is 1.50. The molecule has 2 heterocycles. The number of benzene rings is 1. The number of nitrogens with zero attached hydrogens (tertiary/aromatic N) is 2. The molecule has 0 radical (unpaired) electrons. The Labute approximate surface area is 188 Å². The Hall–Kier alpha value is -3.29. The van der Waals surface area contributed by atoms with Gasteiger partial charge in [0, 0.05) is 37.9 Å². The molecule has 32 heavy (non-hydrogen) atoms. The number of amides is 1. The van der Waals surface area contributed by atoms with Crippen LogP contribution < -0.4 is 14.8 Å². The van der Waals surface area contributed by atoms with E-state index in [0.29, 0.717) is 38.5 Å². The summed E-state index contributed by atoms with van der Waals surface area (Å²) in [5.74, 6) is 0.420. The standard InChI is InChI=1S/C24H31N3O5/c1-19(28)26-13-4-11-24(18-26,17-23(29)30)16-20-7-9-21(10-8-20)32-15-5-12-25-22-6-2-3-14-27(22)31/h2-3,6-10,14,25H,4-5,11-13,15-18H2,1H3,(H,29,30). The van der Waals surface area contributed by atoms with Gasteiger partial charge in [-0.3, -0.25) is 14.9 Å². The molecule has 1 fully saturated rings. The maximum absolute atomic E-state index is 11.9. The van der Waals surface area contributed by atoms with Gasteiger partial charge in [0.25, 0.3) is 5.82 Å². The van der Waals surface area contributed by atoms with Gasteiger partial charge in [0.1, 0.15) is 5.75 Å². The van der Waals surface area contributed by atoms with Gasteiger partial charge < -0.3 is 20.0 Å². The normalized spacial score (nSPS) is 18.2. The van der Waals surface area contributed by atoms with Crippen LogP contribution in [0.15, 0.2) is 48.7 Å². The van der Waals surface area contributed by atoms with Crippen LogP contribution in [0.3, 0.4) is 0 Å². The second-order valence-corrected chi connectivity index (χ2v) is 8.48. The fourth-order valence-corrected chi connectivity index (χ4v) is 4.33. The third-order valence-electron chi connectivity index (χ3n) is 5.86. The Morgan fingerprint density at radius 2 is 2.03 bits per heavy atom. The molecule has 1 aliphatic rings. The summed E-state index contributed by atoms with van der Waals surface area (Å²) in [5.41, 5.74) is 0.592. The summed E-state index contributed by atoms with van der Waals surface area (Å²) in [6.07, 6.45) is 4.45. The predicted octanol–water partition coefficient (Wildman–Crippen LogP) is 2.85. The number of rotatable bonds is 10. The van der Waals surface area contributed by atoms with E-state index < -0.39 is 11.4 Å². The summed E-state index contributed by atoms with van der Waals surface area (Å²) in [5, 5.41) is 24.1. The first-order valence-corrected chi connectivity index (χ1v) is 11.0. The molecule has 1 atom stereocenters. The average Bonchev–Trinajstić information content (AvgIpc) is 2.75. The largest absolute Gasteiger partial charge is 0.711 e. The first-order valence-electron chi connectivity index (χ1n) is 11.0. The highest BCUT2D eigenvalue weighted by molar-refractivity contribution is 5.74. The van der Waals surface area contributed by atoms with Gasteiger partial charge in [-0.2, -0.15) is 0 Å². The van der Waals surface area contributed by atoms with Gasteiger partial charge in [-0.15, -0.1) is 0 Å². The molecule has 1 aromatic heterocycles. The van der Waals surface area contributed by atoms with Crippen LogP contribution in [0, 0.1) is 10.6 Å². The SMILES string of the molecule is CC(=O)N1CCCC(CC(=O)O)(Cc2ccc(OCCCNc3cccc[n+]3[O-])cc2)C1. The molecule has 3 rings (SSSR count). The molecule has 1 aromatic carbocycles. The van der Waals surface area contributed by atoms with Crippen molar-refractivity contribution in [3.05, 3.63) is 59.4 Å². The Bertz CT molecular complexity index is 918. The number of carboxylic acids is 1. The first kappa shape index (κ1) is 23.4. The van der Waals surface area contributed by atoms with Crippen LogP contribution >= 0.6 is 0 Å². The molecular weight excluding hydrogens is 410 g/mol. The van der Waals surface area contributed by atoms with Crippen LogP contribution in [0.1, 0.15) is 38.2 Å². The Kier molecular flexibility index (Phi) is 7.92. The van der Waals surface area contributed by atoms with Gasteiger partial charge in [0.05, 0.1) is 25.8 Å². The van der Waals surface area contributed by atoms with Gasteiger partial charge in [-0.05, 0) is 43.0 Å². The second-order valence-electron chi connectivity index (χ2n) is 8.48. The minimum atomic E-state index is -0.832. The van der Waals surface area contributed by atoms with Gasteiger partial charge in [-0.25, -0.2) is 4.73 Å². The number of aromatic nitrogens is 1. The molecular formula is C24H31N3O5. The number of ether oxygens (including phenoxy) is 1. The molecule has 8 heteroatoms. The van der Waals surface area contributed by atoms with E-state index in [-0.39, 0.29) is 12.3 Å². The number of aliphatic carboxylic acids is 1. The van der Waals surface area contributed by atoms with Crippen LogP contribution in [-0.2, 0) is 16.0 Å². The molecule has 1 unspecified atom stereocenters. The zero-order valence-corrected chi connectivity index (χ0v) is 18.5. The summed E-state index contributed by atoms with van der Waals surface area (Å²) in [4.78, 5) is 25.1. The van der Waals surface area contributed by atoms with Gasteiger partial charge >= 0.3 is 5.97 Å². The number of likely N-dealkylation sites (tertiary alicyclic amines) is 1. The summed E-state index contributed by atoms with van der Waals surface area (Å²) >= 11 is 0. The van der Waals surface area contributed by atoms with E-state index >= 15 is 0 Å². The Morgan fingerprint density at radius 3 is 2.72 bits per heavy atom. The lowest BCUT2D eigenvalue weighted by Gasteiger charge is -2.42. The van der Waals surface area contributed by atoms with Crippen molar-refractivity contribution in [2.45, 2.75) is 39.0 Å². The molecule has 0 spiro atoms. The average molecular weight is 442 g/mol. The quantitative estimate of drug-likeness (QED) is 0.334. The number of hydrogen-bond acceptors (Lipinski definition) is 5. The van der Waals surface area contributed by atoms with Crippen LogP contribution in [0.2, 0.25) is 0 Å². The molecule has 2 N–H and O–H groups in total. The predicted molar refractivity (Wildman–Crippen MR) is 120 cm³/mol. The van der Waals surface area contributed by atoms with E-state index in [9.17, 15) is 19.9 Å². The number of hydrogen-bond donors (Lipinski definition) is 2. The van der Waals surface area contributed by atoms with E-state index in [2.05, 4.69) is 5.32 Å². The van der Waals surface area contributed by atoms with Crippen molar-refractivity contribution in [1.82, 2.24) is 4.90 Å². The van der Waals surface area contributed by atoms with Gasteiger partial charge in [0.15, 0.2) is 0 Å². The lowest BCUT2D eigenvalue weighted by Crippen LogP contribution is -2.47. The molecule has 1 amide bonds. The monoisotopic (exact) mass is 441 g/mol. The van der Waals surface area contributed by atoms with Crippen molar-refractivity contribution >= 4 is 17.7 Å². The van der Waals surface area contributed by atoms with Crippen molar-refractivity contribution in [1.29, 1.82) is 0 Å². The van der Waals surface area contributed by atoms with Crippen LogP contribution in [0.4, 0.5) is 5.82 Å². The summed E-state index contributed by atoms with van der Waals surface area (Å²) in [6, 6.07) is 12.9. The number of pyridine rings is 1. The maximum atomic E-state index is 11.9. The van der Waals surface area contributed by atoms with Crippen molar-refractivity contribution < 1.29 is 24.2 Å². The molecule has 8 nitrogen and oxygen atoms in total. The van der Waals surface area contributed by atoms with Crippen molar-refractivity contribution in [2.24, 2.45) is 5.41 Å². The molecule has 0 saturated carbocycles. The van der Waals surface area contributed by atoms with E-state index in [1.54, 1.807) is 23.1 Å². The minimum Gasteiger partial charge on any atom is -0.711 e. The highest BCUT2D eigenvalue weighted by atomic mass is 16.5. The van der Waals surface area contributed by atoms with E-state index in [1.807, 2.05) is 24.3 Å². The highest BCUT2D eigenvalue weighted by Crippen LogP contribution is 2.37. The van der Waals surface area contributed by atoms with Crippen molar-refractivity contribution in [3.63, 3.8) is 0 Å². The second kappa shape index (κ2) is 10.8. The fourth-order valence-electron chi connectivity index (χ4n) is 4.33. The maximum Gasteiger partial charge on any atom is 0.303 e. The van der Waals surface area contributed by atoms with E-state index in [0.717, 1.165) is 35.3 Å². The van der Waals surface area contributed by atoms with Gasteiger partial charge in [-0.1, -0.05) is 18.2 Å². The molecule has 1 saturated heterocycles. The number of carbonyl (C=O) groups excluding carboxylic acids is 1. The third kappa shape index (κ3) is 6.60. The lowest BCUT2D eigenvalue weighted by atomic mass is 9.72. The number of carbonyl (C=O) groups is 2. The summed E-state index contributed by atoms with van der Waals surface area (Å²) < 4.78 is 6.58. The molecule has 2 aromatic rings. The molecule has 0 aliphatic carbocycles. The smallest absolute Gasteiger partial charge is 0.303 e. The molecule has 0 bridgehead atoms. The zero-order chi connectivity index (χ0) is 23.0. The topological polar surface area (TPSA) is 106 Å². The van der Waals surface area contributed by atoms with Crippen molar-refractivity contribution in [2.75, 3.05) is 31.6 Å². The number of piperidine rings is 1. The number of nitrogens with one attached hydrogen (secondary N) is 1. The Morgan fingerprint density at radius 1 is 1.25 bits per heavy atom. The minimum absolute atomic E-state index is 0.00460. The lowest BCUT2D eigenvalue weighted by molar-refractivity contribution is -0.590. The molecule has 1 aliphatic heterocycles. The fraction of sp³-hybridized carbons (Fsp3) is 0.458. The van der Waals surface area contributed by atoms with E-state index in [4.69, 9.17) is 4.74 Å².